The van der Waals surface area contributed by atoms with Gasteiger partial charge >= 0.3 is 0 Å². The Morgan fingerprint density at radius 2 is 0.700 bits per heavy atom. The molecule has 2 aromatic heterocycles. The summed E-state index contributed by atoms with van der Waals surface area (Å²) < 4.78 is 4.90. The molecule has 2 nitrogen and oxygen atoms in total. The largest absolute Gasteiger partial charge is 0.309 e. The maximum absolute atomic E-state index is 2.47. The smallest absolute Gasteiger partial charge is 0.0619 e. The zero-order valence-electron chi connectivity index (χ0n) is 27.6. The van der Waals surface area contributed by atoms with Crippen LogP contribution in [-0.4, -0.2) is 9.13 Å². The van der Waals surface area contributed by atoms with E-state index < -0.39 is 0 Å². The van der Waals surface area contributed by atoms with E-state index in [4.69, 9.17) is 0 Å². The molecule has 0 amide bonds. The van der Waals surface area contributed by atoms with Gasteiger partial charge in [-0.3, -0.25) is 0 Å². The predicted molar refractivity (Wildman–Crippen MR) is 212 cm³/mol. The highest BCUT2D eigenvalue weighted by Gasteiger charge is 2.24. The lowest BCUT2D eigenvalue weighted by Gasteiger charge is -2.22. The van der Waals surface area contributed by atoms with Gasteiger partial charge in [-0.2, -0.15) is 0 Å². The van der Waals surface area contributed by atoms with E-state index in [9.17, 15) is 0 Å². The third-order valence-corrected chi connectivity index (χ3v) is 10.4. The van der Waals surface area contributed by atoms with Gasteiger partial charge in [-0.15, -0.1) is 0 Å². The van der Waals surface area contributed by atoms with Crippen molar-refractivity contribution in [2.24, 2.45) is 0 Å². The fraction of sp³-hybridized carbons (Fsp3) is 0.0417. The predicted octanol–water partition coefficient (Wildman–Crippen LogP) is 12.8. The van der Waals surface area contributed by atoms with E-state index in [0.29, 0.717) is 0 Å². The van der Waals surface area contributed by atoms with Crippen molar-refractivity contribution >= 4 is 54.8 Å². The maximum Gasteiger partial charge on any atom is 0.0619 e. The highest BCUT2D eigenvalue weighted by molar-refractivity contribution is 6.19. The van der Waals surface area contributed by atoms with Gasteiger partial charge in [-0.25, -0.2) is 0 Å². The number of fused-ring (bicyclic) bond motifs is 6. The SMILES string of the molecule is C1=C(c2ccccc2-c2cccc3c4ccccc4n(-c4ccccc4)c23)C(c2cccc3c4ccccc4n(-c4ccccc4)c23)=CCC1. The number of allylic oxidation sites excluding steroid dienone is 4. The minimum atomic E-state index is 1.01. The molecule has 0 radical (unpaired) electrons. The zero-order chi connectivity index (χ0) is 33.0. The summed E-state index contributed by atoms with van der Waals surface area (Å²) in [4.78, 5) is 0. The minimum absolute atomic E-state index is 1.01. The molecule has 2 heteroatoms. The van der Waals surface area contributed by atoms with E-state index in [2.05, 4.69) is 191 Å². The first-order valence-electron chi connectivity index (χ1n) is 17.5. The number of hydrogen-bond acceptors (Lipinski definition) is 0. The van der Waals surface area contributed by atoms with Gasteiger partial charge in [-0.05, 0) is 71.5 Å². The van der Waals surface area contributed by atoms with Crippen LogP contribution in [0.1, 0.15) is 24.0 Å². The number of rotatable bonds is 5. The third kappa shape index (κ3) is 4.35. The van der Waals surface area contributed by atoms with Crippen LogP contribution >= 0.6 is 0 Å². The number of benzene rings is 7. The Hall–Kier alpha value is -6.38. The third-order valence-electron chi connectivity index (χ3n) is 10.4. The summed E-state index contributed by atoms with van der Waals surface area (Å²) in [7, 11) is 0. The molecule has 0 saturated heterocycles. The molecular formula is C48H34N2. The van der Waals surface area contributed by atoms with Gasteiger partial charge in [0, 0.05) is 44.0 Å². The van der Waals surface area contributed by atoms with Crippen molar-refractivity contribution in [1.82, 2.24) is 9.13 Å². The molecule has 1 aliphatic rings. The molecule has 1 aliphatic carbocycles. The Morgan fingerprint density at radius 1 is 0.300 bits per heavy atom. The molecule has 0 fully saturated rings. The Kier molecular flexibility index (Phi) is 6.67. The highest BCUT2D eigenvalue weighted by atomic mass is 15.0. The molecule has 7 aromatic carbocycles. The second-order valence-electron chi connectivity index (χ2n) is 13.1. The first kappa shape index (κ1) is 28.6. The Labute approximate surface area is 291 Å². The van der Waals surface area contributed by atoms with Gasteiger partial charge in [0.25, 0.3) is 0 Å². The second kappa shape index (κ2) is 11.6. The Balaban J connectivity index is 1.22. The van der Waals surface area contributed by atoms with Crippen LogP contribution in [0.4, 0.5) is 0 Å². The topological polar surface area (TPSA) is 9.86 Å². The minimum Gasteiger partial charge on any atom is -0.309 e. The summed E-state index contributed by atoms with van der Waals surface area (Å²) >= 11 is 0. The van der Waals surface area contributed by atoms with Crippen molar-refractivity contribution in [2.45, 2.75) is 12.8 Å². The lowest BCUT2D eigenvalue weighted by Crippen LogP contribution is -2.02. The Morgan fingerprint density at radius 3 is 1.28 bits per heavy atom. The molecule has 0 aliphatic heterocycles. The average Bonchev–Trinajstić information content (AvgIpc) is 3.72. The van der Waals surface area contributed by atoms with Crippen LogP contribution in [0.2, 0.25) is 0 Å². The molecule has 2 heterocycles. The van der Waals surface area contributed by atoms with Gasteiger partial charge in [0.05, 0.1) is 22.1 Å². The molecule has 9 aromatic rings. The normalized spacial score (nSPS) is 13.3. The number of aromatic nitrogens is 2. The van der Waals surface area contributed by atoms with Crippen LogP contribution in [0.25, 0.3) is 77.3 Å². The first-order chi connectivity index (χ1) is 24.9. The monoisotopic (exact) mass is 638 g/mol. The van der Waals surface area contributed by atoms with E-state index in [1.165, 1.54) is 88.4 Å². The van der Waals surface area contributed by atoms with E-state index in [-0.39, 0.29) is 0 Å². The molecule has 0 saturated carbocycles. The summed E-state index contributed by atoms with van der Waals surface area (Å²) in [5.74, 6) is 0. The second-order valence-corrected chi connectivity index (χ2v) is 13.1. The summed E-state index contributed by atoms with van der Waals surface area (Å²) in [5.41, 5.74) is 14.9. The van der Waals surface area contributed by atoms with Crippen molar-refractivity contribution in [2.75, 3.05) is 0 Å². The number of hydrogen-bond donors (Lipinski definition) is 0. The summed E-state index contributed by atoms with van der Waals surface area (Å²) in [6.45, 7) is 0. The molecule has 236 valence electrons. The van der Waals surface area contributed by atoms with Crippen LogP contribution in [-0.2, 0) is 0 Å². The van der Waals surface area contributed by atoms with Crippen LogP contribution < -0.4 is 0 Å². The van der Waals surface area contributed by atoms with Crippen LogP contribution in [0.5, 0.6) is 0 Å². The van der Waals surface area contributed by atoms with Gasteiger partial charge in [0.2, 0.25) is 0 Å². The lowest BCUT2D eigenvalue weighted by atomic mass is 9.83. The van der Waals surface area contributed by atoms with Crippen LogP contribution in [0.3, 0.4) is 0 Å². The van der Waals surface area contributed by atoms with Crippen LogP contribution in [0, 0.1) is 0 Å². The maximum atomic E-state index is 2.47. The van der Waals surface area contributed by atoms with E-state index in [0.717, 1.165) is 12.8 Å². The molecule has 50 heavy (non-hydrogen) atoms. The van der Waals surface area contributed by atoms with Crippen molar-refractivity contribution in [1.29, 1.82) is 0 Å². The fourth-order valence-electron chi connectivity index (χ4n) is 8.30. The highest BCUT2D eigenvalue weighted by Crippen LogP contribution is 2.46. The van der Waals surface area contributed by atoms with Gasteiger partial charge < -0.3 is 9.13 Å². The quantitative estimate of drug-likeness (QED) is 0.178. The zero-order valence-corrected chi connectivity index (χ0v) is 27.6. The van der Waals surface area contributed by atoms with Gasteiger partial charge in [0.15, 0.2) is 0 Å². The number of para-hydroxylation sites is 6. The fourth-order valence-corrected chi connectivity index (χ4v) is 8.30. The van der Waals surface area contributed by atoms with E-state index >= 15 is 0 Å². The summed E-state index contributed by atoms with van der Waals surface area (Å²) in [6.07, 6.45) is 6.96. The summed E-state index contributed by atoms with van der Waals surface area (Å²) in [5, 5.41) is 5.08. The Bertz CT molecular complexity index is 2790. The standard InChI is InChI=1S/C48H34N2/c1-3-17-33(18-4-1)49-45-31-13-11-25-39(45)43-29-15-27-41(47(43)49)37-23-9-7-21-35(37)36-22-8-10-24-38(36)42-28-16-30-44-40-26-12-14-32-46(40)50(48(42)44)34-19-5-2-6-20-34/h1-7,9,11-32H,8,10H2. The first-order valence-corrected chi connectivity index (χ1v) is 17.5. The van der Waals surface area contributed by atoms with E-state index in [1.54, 1.807) is 0 Å². The molecular weight excluding hydrogens is 605 g/mol. The van der Waals surface area contributed by atoms with Crippen LogP contribution in [0.15, 0.2) is 182 Å². The molecule has 0 N–H and O–H groups in total. The molecule has 0 unspecified atom stereocenters. The van der Waals surface area contributed by atoms with Crippen molar-refractivity contribution < 1.29 is 0 Å². The van der Waals surface area contributed by atoms with Gasteiger partial charge in [-0.1, -0.05) is 146 Å². The molecule has 0 spiro atoms. The van der Waals surface area contributed by atoms with Crippen molar-refractivity contribution in [3.8, 4) is 22.5 Å². The summed E-state index contributed by atoms with van der Waals surface area (Å²) in [6, 6.07) is 61.8. The molecule has 0 bridgehead atoms. The van der Waals surface area contributed by atoms with Crippen molar-refractivity contribution in [3.63, 3.8) is 0 Å². The van der Waals surface area contributed by atoms with Gasteiger partial charge in [0.1, 0.15) is 0 Å². The average molecular weight is 639 g/mol. The van der Waals surface area contributed by atoms with E-state index in [1.807, 2.05) is 0 Å². The molecule has 0 atom stereocenters. The number of nitrogens with zero attached hydrogens (tertiary/aromatic N) is 2. The lowest BCUT2D eigenvalue weighted by molar-refractivity contribution is 1.04. The van der Waals surface area contributed by atoms with Crippen molar-refractivity contribution in [3.05, 3.63) is 193 Å². The molecule has 10 rings (SSSR count).